The summed E-state index contributed by atoms with van der Waals surface area (Å²) in [4.78, 5) is 0. The van der Waals surface area contributed by atoms with E-state index in [1.807, 2.05) is 29.6 Å². The number of anilines is 3. The van der Waals surface area contributed by atoms with Gasteiger partial charge in [-0.1, -0.05) is 0 Å². The summed E-state index contributed by atoms with van der Waals surface area (Å²) >= 11 is 1.90. The highest BCUT2D eigenvalue weighted by molar-refractivity contribution is 14.1. The summed E-state index contributed by atoms with van der Waals surface area (Å²) < 4.78 is 15.5. The van der Waals surface area contributed by atoms with Crippen LogP contribution in [0.15, 0.2) is 24.5 Å². The molecule has 0 aliphatic carbocycles. The van der Waals surface area contributed by atoms with Crippen LogP contribution in [0, 0.1) is 9.39 Å². The van der Waals surface area contributed by atoms with Crippen molar-refractivity contribution < 1.29 is 4.39 Å². The number of rotatable bonds is 2. The largest absolute Gasteiger partial charge is 0.397 e. The van der Waals surface area contributed by atoms with Gasteiger partial charge in [-0.05, 0) is 28.7 Å². The third kappa shape index (κ3) is 2.26. The van der Waals surface area contributed by atoms with Crippen LogP contribution in [-0.2, 0) is 7.05 Å². The number of hydrogen-bond acceptors (Lipinski definition) is 3. The van der Waals surface area contributed by atoms with Crippen LogP contribution in [0.5, 0.6) is 0 Å². The zero-order valence-electron chi connectivity index (χ0n) is 8.54. The number of benzene rings is 1. The molecule has 0 saturated heterocycles. The summed E-state index contributed by atoms with van der Waals surface area (Å²) in [5, 5.41) is 7.01. The average Bonchev–Trinajstić information content (AvgIpc) is 2.60. The van der Waals surface area contributed by atoms with Crippen molar-refractivity contribution in [3.8, 4) is 0 Å². The topological polar surface area (TPSA) is 55.9 Å². The summed E-state index contributed by atoms with van der Waals surface area (Å²) in [6.45, 7) is 0. The van der Waals surface area contributed by atoms with Crippen LogP contribution in [-0.4, -0.2) is 9.78 Å². The van der Waals surface area contributed by atoms with Crippen molar-refractivity contribution in [2.75, 3.05) is 11.1 Å². The molecule has 2 rings (SSSR count). The van der Waals surface area contributed by atoms with Crippen molar-refractivity contribution in [3.63, 3.8) is 0 Å². The fourth-order valence-corrected chi connectivity index (χ4v) is 1.80. The molecule has 0 amide bonds. The number of halogens is 2. The smallest absolute Gasteiger partial charge is 0.138 e. The molecule has 1 aromatic heterocycles. The van der Waals surface area contributed by atoms with Gasteiger partial charge in [0.15, 0.2) is 0 Å². The minimum absolute atomic E-state index is 0.291. The van der Waals surface area contributed by atoms with Crippen LogP contribution >= 0.6 is 22.6 Å². The Balaban J connectivity index is 2.31. The van der Waals surface area contributed by atoms with Gasteiger partial charge in [0.05, 0.1) is 26.8 Å². The second-order valence-electron chi connectivity index (χ2n) is 3.38. The quantitative estimate of drug-likeness (QED) is 0.656. The van der Waals surface area contributed by atoms with E-state index in [4.69, 9.17) is 5.73 Å². The number of aromatic nitrogens is 2. The van der Waals surface area contributed by atoms with E-state index in [1.165, 1.54) is 6.07 Å². The number of hydrogen-bond donors (Lipinski definition) is 2. The lowest BCUT2D eigenvalue weighted by Crippen LogP contribution is -1.98. The Kier molecular flexibility index (Phi) is 2.99. The Morgan fingerprint density at radius 2 is 2.25 bits per heavy atom. The molecule has 6 heteroatoms. The van der Waals surface area contributed by atoms with Gasteiger partial charge >= 0.3 is 0 Å². The molecule has 0 saturated carbocycles. The summed E-state index contributed by atoms with van der Waals surface area (Å²) in [6.07, 6.45) is 3.44. The maximum Gasteiger partial charge on any atom is 0.138 e. The van der Waals surface area contributed by atoms with Gasteiger partial charge in [-0.3, -0.25) is 4.68 Å². The molecule has 0 spiro atoms. The van der Waals surface area contributed by atoms with E-state index in [1.54, 1.807) is 23.1 Å². The Labute approximate surface area is 106 Å². The lowest BCUT2D eigenvalue weighted by Gasteiger charge is -2.08. The molecule has 0 bridgehead atoms. The summed E-state index contributed by atoms with van der Waals surface area (Å²) in [5.41, 5.74) is 7.61. The SMILES string of the molecule is Cn1cc(Nc2cc(F)c(I)cc2N)cn1. The highest BCUT2D eigenvalue weighted by Crippen LogP contribution is 2.26. The first-order valence-electron chi connectivity index (χ1n) is 4.56. The van der Waals surface area contributed by atoms with Crippen LogP contribution in [0.3, 0.4) is 0 Å². The number of nitrogens with two attached hydrogens (primary N) is 1. The number of nitrogens with one attached hydrogen (secondary N) is 1. The van der Waals surface area contributed by atoms with Gasteiger partial charge in [-0.25, -0.2) is 4.39 Å². The molecule has 0 fully saturated rings. The standard InChI is InChI=1S/C10H10FIN4/c1-16-5-6(4-14-16)15-10-2-7(11)8(12)3-9(10)13/h2-5,15H,13H2,1H3. The normalized spacial score (nSPS) is 10.4. The molecule has 0 aliphatic heterocycles. The molecule has 84 valence electrons. The minimum Gasteiger partial charge on any atom is -0.397 e. The van der Waals surface area contributed by atoms with Crippen LogP contribution in [0.4, 0.5) is 21.5 Å². The average molecular weight is 332 g/mol. The predicted octanol–water partition coefficient (Wildman–Crippen LogP) is 2.49. The van der Waals surface area contributed by atoms with Gasteiger partial charge in [0.25, 0.3) is 0 Å². The van der Waals surface area contributed by atoms with E-state index in [2.05, 4.69) is 10.4 Å². The van der Waals surface area contributed by atoms with Crippen LogP contribution < -0.4 is 11.1 Å². The van der Waals surface area contributed by atoms with Gasteiger partial charge in [-0.2, -0.15) is 5.10 Å². The first-order chi connectivity index (χ1) is 7.56. The van der Waals surface area contributed by atoms with E-state index in [-0.39, 0.29) is 5.82 Å². The molecular weight excluding hydrogens is 322 g/mol. The zero-order chi connectivity index (χ0) is 11.7. The van der Waals surface area contributed by atoms with Crippen molar-refractivity contribution in [3.05, 3.63) is 33.9 Å². The first-order valence-corrected chi connectivity index (χ1v) is 5.64. The van der Waals surface area contributed by atoms with E-state index < -0.39 is 0 Å². The fraction of sp³-hybridized carbons (Fsp3) is 0.100. The lowest BCUT2D eigenvalue weighted by molar-refractivity contribution is 0.621. The Morgan fingerprint density at radius 1 is 1.50 bits per heavy atom. The molecule has 2 aromatic rings. The monoisotopic (exact) mass is 332 g/mol. The molecule has 3 N–H and O–H groups in total. The fourth-order valence-electron chi connectivity index (χ4n) is 1.31. The first kappa shape index (κ1) is 11.2. The van der Waals surface area contributed by atoms with Crippen LogP contribution in [0.25, 0.3) is 0 Å². The number of nitrogens with zero attached hydrogens (tertiary/aromatic N) is 2. The highest BCUT2D eigenvalue weighted by Gasteiger charge is 2.06. The van der Waals surface area contributed by atoms with Gasteiger partial charge in [-0.15, -0.1) is 0 Å². The maximum absolute atomic E-state index is 13.3. The molecule has 16 heavy (non-hydrogen) atoms. The van der Waals surface area contributed by atoms with Crippen molar-refractivity contribution in [1.29, 1.82) is 0 Å². The van der Waals surface area contributed by atoms with Crippen molar-refractivity contribution >= 4 is 39.7 Å². The van der Waals surface area contributed by atoms with Crippen molar-refractivity contribution in [2.45, 2.75) is 0 Å². The molecule has 0 aliphatic rings. The molecule has 0 unspecified atom stereocenters. The second-order valence-corrected chi connectivity index (χ2v) is 4.54. The third-order valence-electron chi connectivity index (χ3n) is 2.08. The van der Waals surface area contributed by atoms with Gasteiger partial charge in [0.1, 0.15) is 5.82 Å². The summed E-state index contributed by atoms with van der Waals surface area (Å²) in [5.74, 6) is -0.291. The van der Waals surface area contributed by atoms with Gasteiger partial charge < -0.3 is 11.1 Å². The summed E-state index contributed by atoms with van der Waals surface area (Å²) in [7, 11) is 1.81. The number of nitrogen functional groups attached to an aromatic ring is 1. The Hall–Kier alpha value is -1.31. The van der Waals surface area contributed by atoms with Gasteiger partial charge in [0, 0.05) is 19.3 Å². The molecule has 1 heterocycles. The highest BCUT2D eigenvalue weighted by atomic mass is 127. The van der Waals surface area contributed by atoms with Crippen LogP contribution in [0.1, 0.15) is 0 Å². The molecule has 0 radical (unpaired) electrons. The molecule has 0 atom stereocenters. The Morgan fingerprint density at radius 3 is 2.88 bits per heavy atom. The van der Waals surface area contributed by atoms with Crippen molar-refractivity contribution in [2.24, 2.45) is 7.05 Å². The third-order valence-corrected chi connectivity index (χ3v) is 2.90. The molecule has 1 aromatic carbocycles. The van der Waals surface area contributed by atoms with E-state index >= 15 is 0 Å². The van der Waals surface area contributed by atoms with Crippen molar-refractivity contribution in [1.82, 2.24) is 9.78 Å². The second kappa shape index (κ2) is 4.28. The molecular formula is C10H10FIN4. The van der Waals surface area contributed by atoms with E-state index in [0.29, 0.717) is 14.9 Å². The maximum atomic E-state index is 13.3. The number of aryl methyl sites for hydroxylation is 1. The van der Waals surface area contributed by atoms with E-state index in [9.17, 15) is 4.39 Å². The summed E-state index contributed by atoms with van der Waals surface area (Å²) in [6, 6.07) is 2.97. The van der Waals surface area contributed by atoms with Crippen LogP contribution in [0.2, 0.25) is 0 Å². The minimum atomic E-state index is -0.291. The van der Waals surface area contributed by atoms with E-state index in [0.717, 1.165) is 5.69 Å². The zero-order valence-corrected chi connectivity index (χ0v) is 10.7. The molecule has 4 nitrogen and oxygen atoms in total. The Bertz CT molecular complexity index is 524. The lowest BCUT2D eigenvalue weighted by atomic mass is 10.2. The predicted molar refractivity (Wildman–Crippen MR) is 70.0 cm³/mol. The van der Waals surface area contributed by atoms with Gasteiger partial charge in [0.2, 0.25) is 0 Å².